The third-order valence-corrected chi connectivity index (χ3v) is 5.43. The molecule has 0 radical (unpaired) electrons. The van der Waals surface area contributed by atoms with Gasteiger partial charge in [0.25, 0.3) is 5.69 Å². The number of halogens is 1. The van der Waals surface area contributed by atoms with E-state index in [-0.39, 0.29) is 11.4 Å². The zero-order valence-corrected chi connectivity index (χ0v) is 16.7. The lowest BCUT2D eigenvalue weighted by atomic mass is 10.1. The summed E-state index contributed by atoms with van der Waals surface area (Å²) < 4.78 is 25.0. The van der Waals surface area contributed by atoms with Crippen LogP contribution in [0.1, 0.15) is 12.0 Å². The van der Waals surface area contributed by atoms with Crippen molar-refractivity contribution in [2.75, 3.05) is 23.7 Å². The van der Waals surface area contributed by atoms with Gasteiger partial charge in [-0.2, -0.15) is 0 Å². The van der Waals surface area contributed by atoms with E-state index in [0.717, 1.165) is 22.2 Å². The standard InChI is InChI=1S/C18H20ClN3O5S/c1-28(26,27)21(15-8-4-9-16(12-15)22(24)25)13-18(23)20-11-5-7-14-6-2-3-10-17(14)19/h2-4,6,8-10,12H,5,7,11,13H2,1H3,(H,20,23). The molecule has 0 aliphatic heterocycles. The average Bonchev–Trinajstić information content (AvgIpc) is 2.63. The van der Waals surface area contributed by atoms with E-state index in [9.17, 15) is 23.3 Å². The van der Waals surface area contributed by atoms with E-state index in [4.69, 9.17) is 11.6 Å². The van der Waals surface area contributed by atoms with Crippen molar-refractivity contribution in [1.29, 1.82) is 0 Å². The van der Waals surface area contributed by atoms with Gasteiger partial charge in [0.15, 0.2) is 0 Å². The van der Waals surface area contributed by atoms with E-state index in [1.807, 2.05) is 18.2 Å². The number of rotatable bonds is 9. The van der Waals surface area contributed by atoms with Crippen molar-refractivity contribution in [3.05, 3.63) is 69.2 Å². The minimum atomic E-state index is -3.80. The fourth-order valence-corrected chi connectivity index (χ4v) is 3.63. The Balaban J connectivity index is 1.97. The topological polar surface area (TPSA) is 110 Å². The van der Waals surface area contributed by atoms with E-state index in [1.165, 1.54) is 18.2 Å². The number of nitro benzene ring substituents is 1. The van der Waals surface area contributed by atoms with Crippen molar-refractivity contribution in [2.45, 2.75) is 12.8 Å². The Morgan fingerprint density at radius 3 is 2.57 bits per heavy atom. The van der Waals surface area contributed by atoms with Gasteiger partial charge in [0.2, 0.25) is 15.9 Å². The highest BCUT2D eigenvalue weighted by molar-refractivity contribution is 7.92. The molecule has 0 fully saturated rings. The molecule has 0 heterocycles. The third kappa shape index (κ3) is 6.21. The fourth-order valence-electron chi connectivity index (χ4n) is 2.56. The van der Waals surface area contributed by atoms with Gasteiger partial charge in [-0.1, -0.05) is 35.9 Å². The van der Waals surface area contributed by atoms with Crippen molar-refractivity contribution in [1.82, 2.24) is 5.32 Å². The van der Waals surface area contributed by atoms with E-state index < -0.39 is 27.4 Å². The lowest BCUT2D eigenvalue weighted by Gasteiger charge is -2.21. The summed E-state index contributed by atoms with van der Waals surface area (Å²) in [6.07, 6.45) is 2.24. The maximum Gasteiger partial charge on any atom is 0.271 e. The van der Waals surface area contributed by atoms with Crippen LogP contribution in [-0.2, 0) is 21.2 Å². The number of carbonyl (C=O) groups excluding carboxylic acids is 1. The maximum atomic E-state index is 12.2. The molecule has 2 rings (SSSR count). The number of hydrogen-bond acceptors (Lipinski definition) is 5. The summed E-state index contributed by atoms with van der Waals surface area (Å²) in [5.74, 6) is -0.504. The highest BCUT2D eigenvalue weighted by Crippen LogP contribution is 2.23. The van der Waals surface area contributed by atoms with Crippen molar-refractivity contribution < 1.29 is 18.1 Å². The highest BCUT2D eigenvalue weighted by Gasteiger charge is 2.22. The fraction of sp³-hybridized carbons (Fsp3) is 0.278. The zero-order chi connectivity index (χ0) is 20.7. The number of aryl methyl sites for hydroxylation is 1. The van der Waals surface area contributed by atoms with Gasteiger partial charge in [0, 0.05) is 23.7 Å². The lowest BCUT2D eigenvalue weighted by molar-refractivity contribution is -0.384. The predicted molar refractivity (Wildman–Crippen MR) is 108 cm³/mol. The van der Waals surface area contributed by atoms with Gasteiger partial charge in [0.1, 0.15) is 6.54 Å². The molecule has 0 saturated carbocycles. The van der Waals surface area contributed by atoms with Gasteiger partial charge in [0.05, 0.1) is 16.9 Å². The predicted octanol–water partition coefficient (Wildman–Crippen LogP) is 2.76. The summed E-state index contributed by atoms with van der Waals surface area (Å²) in [7, 11) is -3.80. The first kappa shape index (κ1) is 21.6. The van der Waals surface area contributed by atoms with Crippen LogP contribution in [0.5, 0.6) is 0 Å². The van der Waals surface area contributed by atoms with E-state index in [2.05, 4.69) is 5.32 Å². The van der Waals surface area contributed by atoms with Crippen LogP contribution in [0.3, 0.4) is 0 Å². The number of carbonyl (C=O) groups is 1. The first-order valence-electron chi connectivity index (χ1n) is 8.41. The Bertz CT molecular complexity index is 965. The van der Waals surface area contributed by atoms with E-state index in [0.29, 0.717) is 24.4 Å². The minimum Gasteiger partial charge on any atom is -0.355 e. The summed E-state index contributed by atoms with van der Waals surface area (Å²) in [6, 6.07) is 12.5. The number of anilines is 1. The van der Waals surface area contributed by atoms with Crippen LogP contribution in [0.2, 0.25) is 5.02 Å². The van der Waals surface area contributed by atoms with Crippen LogP contribution in [0.4, 0.5) is 11.4 Å². The summed E-state index contributed by atoms with van der Waals surface area (Å²) in [5.41, 5.74) is 0.766. The monoisotopic (exact) mass is 425 g/mol. The van der Waals surface area contributed by atoms with Crippen molar-refractivity contribution in [2.24, 2.45) is 0 Å². The van der Waals surface area contributed by atoms with Gasteiger partial charge < -0.3 is 5.32 Å². The van der Waals surface area contributed by atoms with Crippen LogP contribution < -0.4 is 9.62 Å². The van der Waals surface area contributed by atoms with Crippen molar-refractivity contribution in [3.8, 4) is 0 Å². The first-order valence-corrected chi connectivity index (χ1v) is 10.6. The normalized spacial score (nSPS) is 11.1. The highest BCUT2D eigenvalue weighted by atomic mass is 35.5. The minimum absolute atomic E-state index is 0.0583. The molecule has 8 nitrogen and oxygen atoms in total. The van der Waals surface area contributed by atoms with Gasteiger partial charge in [-0.3, -0.25) is 19.2 Å². The summed E-state index contributed by atoms with van der Waals surface area (Å²) >= 11 is 6.08. The molecule has 0 unspecified atom stereocenters. The molecule has 0 spiro atoms. The number of nitrogens with zero attached hydrogens (tertiary/aromatic N) is 2. The van der Waals surface area contributed by atoms with Crippen LogP contribution in [0.25, 0.3) is 0 Å². The molecule has 2 aromatic rings. The van der Waals surface area contributed by atoms with Crippen molar-refractivity contribution >= 4 is 38.9 Å². The maximum absolute atomic E-state index is 12.2. The van der Waals surface area contributed by atoms with Crippen LogP contribution in [0.15, 0.2) is 48.5 Å². The summed E-state index contributed by atoms with van der Waals surface area (Å²) in [5, 5.41) is 14.2. The Morgan fingerprint density at radius 2 is 1.93 bits per heavy atom. The SMILES string of the molecule is CS(=O)(=O)N(CC(=O)NCCCc1ccccc1Cl)c1cccc([N+](=O)[O-])c1. The number of amides is 1. The molecular weight excluding hydrogens is 406 g/mol. The second-order valence-electron chi connectivity index (χ2n) is 6.09. The molecule has 0 atom stereocenters. The number of benzene rings is 2. The quantitative estimate of drug-likeness (QED) is 0.377. The molecule has 10 heteroatoms. The molecule has 1 amide bonds. The molecule has 0 aromatic heterocycles. The van der Waals surface area contributed by atoms with Gasteiger partial charge in [-0.25, -0.2) is 8.42 Å². The molecule has 150 valence electrons. The number of non-ortho nitro benzene ring substituents is 1. The Kier molecular flexibility index (Phi) is 7.36. The second kappa shape index (κ2) is 9.52. The first-order chi connectivity index (χ1) is 13.2. The smallest absolute Gasteiger partial charge is 0.271 e. The molecule has 28 heavy (non-hydrogen) atoms. The van der Waals surface area contributed by atoms with Crippen LogP contribution in [0, 0.1) is 10.1 Å². The molecule has 0 saturated heterocycles. The number of sulfonamides is 1. The Hall–Kier alpha value is -2.65. The molecular formula is C18H20ClN3O5S. The number of nitro groups is 1. The lowest BCUT2D eigenvalue weighted by Crippen LogP contribution is -2.40. The number of nitrogens with one attached hydrogen (secondary N) is 1. The van der Waals surface area contributed by atoms with Crippen LogP contribution in [-0.4, -0.2) is 38.6 Å². The van der Waals surface area contributed by atoms with Gasteiger partial charge in [-0.05, 0) is 30.5 Å². The third-order valence-electron chi connectivity index (χ3n) is 3.92. The second-order valence-corrected chi connectivity index (χ2v) is 8.41. The summed E-state index contributed by atoms with van der Waals surface area (Å²) in [6.45, 7) is -0.122. The van der Waals surface area contributed by atoms with Crippen LogP contribution >= 0.6 is 11.6 Å². The van der Waals surface area contributed by atoms with Gasteiger partial charge in [-0.15, -0.1) is 0 Å². The largest absolute Gasteiger partial charge is 0.355 e. The van der Waals surface area contributed by atoms with E-state index in [1.54, 1.807) is 6.07 Å². The zero-order valence-electron chi connectivity index (χ0n) is 15.2. The molecule has 0 aliphatic carbocycles. The number of hydrogen-bond donors (Lipinski definition) is 1. The van der Waals surface area contributed by atoms with Gasteiger partial charge >= 0.3 is 0 Å². The average molecular weight is 426 g/mol. The summed E-state index contributed by atoms with van der Waals surface area (Å²) in [4.78, 5) is 22.5. The Morgan fingerprint density at radius 1 is 1.21 bits per heavy atom. The molecule has 0 aliphatic rings. The molecule has 1 N–H and O–H groups in total. The molecule has 0 bridgehead atoms. The Labute approximate surface area is 168 Å². The molecule has 2 aromatic carbocycles. The van der Waals surface area contributed by atoms with E-state index >= 15 is 0 Å². The van der Waals surface area contributed by atoms with Crippen molar-refractivity contribution in [3.63, 3.8) is 0 Å².